The molecule has 12 heavy (non-hydrogen) atoms. The first kappa shape index (κ1) is 15.0. The lowest BCUT2D eigenvalue weighted by Gasteiger charge is -2.38. The predicted molar refractivity (Wildman–Crippen MR) is 58.1 cm³/mol. The summed E-state index contributed by atoms with van der Waals surface area (Å²) in [6, 6.07) is 0. The van der Waals surface area contributed by atoms with Crippen molar-refractivity contribution in [2.24, 2.45) is 11.5 Å². The maximum Gasteiger partial charge on any atom is 0.0127 e. The van der Waals surface area contributed by atoms with Crippen LogP contribution in [0.25, 0.3) is 0 Å². The largest absolute Gasteiger partial charge is 0.325 e. The summed E-state index contributed by atoms with van der Waals surface area (Å²) in [5.41, 5.74) is 12.0. The molecule has 1 aliphatic rings. The molecule has 76 valence electrons. The third kappa shape index (κ3) is 4.51. The number of hydrogen-bond acceptors (Lipinski definition) is 2. The fourth-order valence-corrected chi connectivity index (χ4v) is 1.39. The molecule has 0 atom stereocenters. The molecule has 4 N–H and O–H groups in total. The molecule has 0 aromatic rings. The lowest BCUT2D eigenvalue weighted by Crippen LogP contribution is -2.49. The van der Waals surface area contributed by atoms with E-state index in [1.54, 1.807) is 0 Å². The van der Waals surface area contributed by atoms with Crippen molar-refractivity contribution in [2.45, 2.75) is 50.6 Å². The highest BCUT2D eigenvalue weighted by atomic mass is 35.5. The minimum atomic E-state index is 0. The van der Waals surface area contributed by atoms with Crippen molar-refractivity contribution < 1.29 is 0 Å². The van der Waals surface area contributed by atoms with Crippen LogP contribution in [0.2, 0.25) is 0 Å². The fraction of sp³-hybridized carbons (Fsp3) is 1.00. The molecule has 0 bridgehead atoms. The summed E-state index contributed by atoms with van der Waals surface area (Å²) in [5.74, 6) is 0. The Kier molecular flexibility index (Phi) is 5.82. The third-order valence-corrected chi connectivity index (χ3v) is 2.53. The lowest BCUT2D eigenvalue weighted by molar-refractivity contribution is 0.231. The molecule has 0 radical (unpaired) electrons. The van der Waals surface area contributed by atoms with Crippen LogP contribution in [0.1, 0.15) is 39.5 Å². The van der Waals surface area contributed by atoms with Crippen LogP contribution in [-0.2, 0) is 0 Å². The minimum Gasteiger partial charge on any atom is -0.325 e. The third-order valence-electron chi connectivity index (χ3n) is 2.53. The Morgan fingerprint density at radius 2 is 0.917 bits per heavy atom. The quantitative estimate of drug-likeness (QED) is 0.647. The maximum atomic E-state index is 5.94. The van der Waals surface area contributed by atoms with E-state index in [1.807, 2.05) is 0 Å². The van der Waals surface area contributed by atoms with Gasteiger partial charge in [-0.15, -0.1) is 24.8 Å². The van der Waals surface area contributed by atoms with Gasteiger partial charge in [-0.1, -0.05) is 0 Å². The first-order valence-electron chi connectivity index (χ1n) is 3.99. The normalized spacial score (nSPS) is 41.0. The number of halogens is 2. The number of hydrogen-bond donors (Lipinski definition) is 2. The van der Waals surface area contributed by atoms with E-state index in [0.717, 1.165) is 25.7 Å². The summed E-state index contributed by atoms with van der Waals surface area (Å²) in [6.45, 7) is 4.23. The van der Waals surface area contributed by atoms with Gasteiger partial charge in [-0.05, 0) is 39.5 Å². The van der Waals surface area contributed by atoms with Crippen LogP contribution in [0.5, 0.6) is 0 Å². The Morgan fingerprint density at radius 3 is 1.08 bits per heavy atom. The SMILES string of the molecule is CC1(N)CCC(C)(N)CC1.Cl.Cl. The second kappa shape index (κ2) is 4.66. The van der Waals surface area contributed by atoms with Gasteiger partial charge in [0.2, 0.25) is 0 Å². The molecular formula is C8H20Cl2N2. The van der Waals surface area contributed by atoms with E-state index in [2.05, 4.69) is 13.8 Å². The van der Waals surface area contributed by atoms with Gasteiger partial charge in [0, 0.05) is 11.1 Å². The minimum absolute atomic E-state index is 0. The Hall–Kier alpha value is 0.500. The first-order chi connectivity index (χ1) is 4.41. The van der Waals surface area contributed by atoms with Crippen LogP contribution in [0.15, 0.2) is 0 Å². The van der Waals surface area contributed by atoms with Crippen molar-refractivity contribution in [3.8, 4) is 0 Å². The second-order valence-electron chi connectivity index (χ2n) is 4.31. The van der Waals surface area contributed by atoms with Gasteiger partial charge in [-0.2, -0.15) is 0 Å². The van der Waals surface area contributed by atoms with Crippen LogP contribution in [0.4, 0.5) is 0 Å². The van der Waals surface area contributed by atoms with Gasteiger partial charge in [-0.3, -0.25) is 0 Å². The second-order valence-corrected chi connectivity index (χ2v) is 4.31. The van der Waals surface area contributed by atoms with Crippen LogP contribution in [0, 0.1) is 0 Å². The molecule has 1 aliphatic carbocycles. The standard InChI is InChI=1S/C8H18N2.2ClH/c1-7(9)3-5-8(2,10)6-4-7;;/h3-6,9-10H2,1-2H3;2*1H. The monoisotopic (exact) mass is 214 g/mol. The highest BCUT2D eigenvalue weighted by molar-refractivity contribution is 5.85. The summed E-state index contributed by atoms with van der Waals surface area (Å²) >= 11 is 0. The molecule has 0 heterocycles. The van der Waals surface area contributed by atoms with Crippen molar-refractivity contribution in [1.29, 1.82) is 0 Å². The molecule has 1 rings (SSSR count). The number of rotatable bonds is 0. The zero-order chi connectivity index (χ0) is 7.83. The fourth-order valence-electron chi connectivity index (χ4n) is 1.39. The van der Waals surface area contributed by atoms with Crippen molar-refractivity contribution >= 4 is 24.8 Å². The highest BCUT2D eigenvalue weighted by Gasteiger charge is 2.31. The van der Waals surface area contributed by atoms with Gasteiger partial charge >= 0.3 is 0 Å². The van der Waals surface area contributed by atoms with E-state index in [4.69, 9.17) is 11.5 Å². The van der Waals surface area contributed by atoms with Gasteiger partial charge in [0.05, 0.1) is 0 Å². The average molecular weight is 215 g/mol. The Labute approximate surface area is 87.3 Å². The zero-order valence-electron chi connectivity index (χ0n) is 7.80. The molecular weight excluding hydrogens is 195 g/mol. The Bertz CT molecular complexity index is 107. The van der Waals surface area contributed by atoms with E-state index < -0.39 is 0 Å². The molecule has 0 spiro atoms. The first-order valence-corrected chi connectivity index (χ1v) is 3.99. The predicted octanol–water partition coefficient (Wildman–Crippen LogP) is 1.84. The van der Waals surface area contributed by atoms with E-state index in [1.165, 1.54) is 0 Å². The topological polar surface area (TPSA) is 52.0 Å². The highest BCUT2D eigenvalue weighted by Crippen LogP contribution is 2.30. The van der Waals surface area contributed by atoms with Crippen LogP contribution in [0.3, 0.4) is 0 Å². The Balaban J connectivity index is 0. The van der Waals surface area contributed by atoms with Crippen molar-refractivity contribution in [3.05, 3.63) is 0 Å². The lowest BCUT2D eigenvalue weighted by atomic mass is 9.75. The average Bonchev–Trinajstić information content (AvgIpc) is 1.79. The van der Waals surface area contributed by atoms with Gasteiger partial charge in [0.1, 0.15) is 0 Å². The molecule has 4 heteroatoms. The molecule has 1 saturated carbocycles. The van der Waals surface area contributed by atoms with Gasteiger partial charge in [-0.25, -0.2) is 0 Å². The van der Waals surface area contributed by atoms with Gasteiger partial charge < -0.3 is 11.5 Å². The molecule has 0 aromatic heterocycles. The maximum absolute atomic E-state index is 5.94. The Morgan fingerprint density at radius 1 is 0.750 bits per heavy atom. The van der Waals surface area contributed by atoms with Crippen LogP contribution < -0.4 is 11.5 Å². The van der Waals surface area contributed by atoms with Crippen molar-refractivity contribution in [3.63, 3.8) is 0 Å². The zero-order valence-corrected chi connectivity index (χ0v) is 9.43. The number of nitrogens with two attached hydrogens (primary N) is 2. The smallest absolute Gasteiger partial charge is 0.0127 e. The molecule has 0 unspecified atom stereocenters. The summed E-state index contributed by atoms with van der Waals surface area (Å²) < 4.78 is 0. The molecule has 1 fully saturated rings. The van der Waals surface area contributed by atoms with Gasteiger partial charge in [0.15, 0.2) is 0 Å². The molecule has 2 nitrogen and oxygen atoms in total. The molecule has 0 saturated heterocycles. The van der Waals surface area contributed by atoms with E-state index in [0.29, 0.717) is 0 Å². The summed E-state index contributed by atoms with van der Waals surface area (Å²) in [6.07, 6.45) is 4.28. The van der Waals surface area contributed by atoms with E-state index in [-0.39, 0.29) is 35.9 Å². The summed E-state index contributed by atoms with van der Waals surface area (Å²) in [7, 11) is 0. The van der Waals surface area contributed by atoms with Crippen molar-refractivity contribution in [1.82, 2.24) is 0 Å². The summed E-state index contributed by atoms with van der Waals surface area (Å²) in [4.78, 5) is 0. The van der Waals surface area contributed by atoms with E-state index in [9.17, 15) is 0 Å². The molecule has 0 amide bonds. The van der Waals surface area contributed by atoms with Crippen LogP contribution in [-0.4, -0.2) is 11.1 Å². The molecule has 0 aromatic carbocycles. The van der Waals surface area contributed by atoms with E-state index >= 15 is 0 Å². The summed E-state index contributed by atoms with van der Waals surface area (Å²) in [5, 5.41) is 0. The van der Waals surface area contributed by atoms with Crippen molar-refractivity contribution in [2.75, 3.05) is 0 Å². The van der Waals surface area contributed by atoms with Gasteiger partial charge in [0.25, 0.3) is 0 Å². The van der Waals surface area contributed by atoms with Crippen LogP contribution >= 0.6 is 24.8 Å². The molecule has 0 aliphatic heterocycles.